The van der Waals surface area contributed by atoms with Gasteiger partial charge >= 0.3 is 24.4 Å². The molecule has 238 valence electrons. The lowest BCUT2D eigenvalue weighted by Gasteiger charge is -2.32. The van der Waals surface area contributed by atoms with Crippen LogP contribution in [0.5, 0.6) is 11.5 Å². The summed E-state index contributed by atoms with van der Waals surface area (Å²) < 4.78 is 31.5. The summed E-state index contributed by atoms with van der Waals surface area (Å²) >= 11 is 0. The Morgan fingerprint density at radius 2 is 1.31 bits per heavy atom. The third-order valence-electron chi connectivity index (χ3n) is 6.02. The second-order valence-corrected chi connectivity index (χ2v) is 11.6. The van der Waals surface area contributed by atoms with Gasteiger partial charge in [0.1, 0.15) is 6.10 Å². The van der Waals surface area contributed by atoms with Gasteiger partial charge in [-0.3, -0.25) is 5.32 Å². The molecule has 2 atom stereocenters. The lowest BCUT2D eigenvalue weighted by Crippen LogP contribution is -2.59. The Labute approximate surface area is 248 Å². The number of benzene rings is 1. The summed E-state index contributed by atoms with van der Waals surface area (Å²) in [4.78, 5) is 49.8. The molecule has 0 amide bonds. The Hall–Kier alpha value is -3.54. The second-order valence-electron chi connectivity index (χ2n) is 11.6. The zero-order valence-electron chi connectivity index (χ0n) is 26.2. The number of hydrogen-bond acceptors (Lipinski definition) is 11. The van der Waals surface area contributed by atoms with Crippen LogP contribution >= 0.6 is 0 Å². The lowest BCUT2D eigenvalue weighted by atomic mass is 10.0. The molecular weight excluding hydrogens is 550 g/mol. The fourth-order valence-corrected chi connectivity index (χ4v) is 3.33. The SMILES string of the molecule is CC(C)CCOC(=O)Oc1ccc(C[C@](NC(C)C)(OC(=O)OC(C)C(C)C)C(=O)O)cc1OC(=O)OCCC(C)C. The molecule has 1 aromatic carbocycles. The molecule has 0 saturated carbocycles. The molecule has 1 rings (SSSR count). The van der Waals surface area contributed by atoms with E-state index in [9.17, 15) is 24.3 Å². The van der Waals surface area contributed by atoms with Gasteiger partial charge in [-0.15, -0.1) is 0 Å². The van der Waals surface area contributed by atoms with Gasteiger partial charge in [0, 0.05) is 12.5 Å². The molecule has 0 fully saturated rings. The van der Waals surface area contributed by atoms with E-state index in [1.54, 1.807) is 20.8 Å². The van der Waals surface area contributed by atoms with E-state index in [1.165, 1.54) is 18.2 Å². The van der Waals surface area contributed by atoms with Crippen LogP contribution in [-0.4, -0.2) is 60.6 Å². The Kier molecular flexibility index (Phi) is 15.1. The molecule has 0 saturated heterocycles. The molecule has 0 aliphatic rings. The van der Waals surface area contributed by atoms with Crippen molar-refractivity contribution in [1.29, 1.82) is 0 Å². The summed E-state index contributed by atoms with van der Waals surface area (Å²) in [6, 6.07) is 3.63. The molecule has 1 unspecified atom stereocenters. The van der Waals surface area contributed by atoms with E-state index >= 15 is 0 Å². The largest absolute Gasteiger partial charge is 0.513 e. The Balaban J connectivity index is 3.35. The fourth-order valence-electron chi connectivity index (χ4n) is 3.33. The van der Waals surface area contributed by atoms with Crippen molar-refractivity contribution in [3.63, 3.8) is 0 Å². The molecule has 0 heterocycles. The predicted octanol–water partition coefficient (Wildman–Crippen LogP) is 6.33. The summed E-state index contributed by atoms with van der Waals surface area (Å²) in [6.07, 6.45) is -2.92. The van der Waals surface area contributed by atoms with Crippen molar-refractivity contribution >= 4 is 24.4 Å². The molecule has 0 spiro atoms. The van der Waals surface area contributed by atoms with Crippen LogP contribution in [0.3, 0.4) is 0 Å². The van der Waals surface area contributed by atoms with E-state index in [1.807, 2.05) is 41.5 Å². The molecule has 0 aliphatic heterocycles. The highest BCUT2D eigenvalue weighted by molar-refractivity contribution is 5.80. The molecule has 0 aromatic heterocycles. The standard InChI is InChI=1S/C30H47NO11/c1-18(2)12-14-37-27(34)40-24-11-10-23(16-25(24)41-28(35)38-15-13-19(3)4)17-30(26(32)33,31-21(7)8)42-29(36)39-22(9)20(5)6/h10-11,16,18-22,31H,12-15,17H2,1-9H3,(H,32,33)/t22?,30-/m0/s1. The van der Waals surface area contributed by atoms with Crippen LogP contribution in [0.4, 0.5) is 14.4 Å². The molecule has 2 N–H and O–H groups in total. The van der Waals surface area contributed by atoms with Crippen LogP contribution in [0, 0.1) is 17.8 Å². The smallest absolute Gasteiger partial charge is 0.477 e. The van der Waals surface area contributed by atoms with E-state index in [0.717, 1.165) is 0 Å². The number of ether oxygens (including phenoxy) is 6. The van der Waals surface area contributed by atoms with Crippen molar-refractivity contribution in [1.82, 2.24) is 5.32 Å². The number of aliphatic carboxylic acids is 1. The molecule has 0 radical (unpaired) electrons. The quantitative estimate of drug-likeness (QED) is 0.0946. The number of rotatable bonds is 16. The van der Waals surface area contributed by atoms with Crippen LogP contribution < -0.4 is 14.8 Å². The van der Waals surface area contributed by atoms with Gasteiger partial charge in [-0.05, 0) is 69.1 Å². The number of carbonyl (C=O) groups is 4. The van der Waals surface area contributed by atoms with E-state index in [-0.39, 0.29) is 42.1 Å². The molecule has 12 nitrogen and oxygen atoms in total. The molecule has 1 aromatic rings. The van der Waals surface area contributed by atoms with Gasteiger partial charge in [0.2, 0.25) is 0 Å². The van der Waals surface area contributed by atoms with Gasteiger partial charge in [0.05, 0.1) is 13.2 Å². The number of carboxylic acids is 1. The van der Waals surface area contributed by atoms with Crippen molar-refractivity contribution in [2.45, 2.75) is 99.4 Å². The fraction of sp³-hybridized carbons (Fsp3) is 0.667. The van der Waals surface area contributed by atoms with Gasteiger partial charge in [-0.25, -0.2) is 19.2 Å². The van der Waals surface area contributed by atoms with E-state index < -0.39 is 48.7 Å². The lowest BCUT2D eigenvalue weighted by molar-refractivity contribution is -0.168. The third-order valence-corrected chi connectivity index (χ3v) is 6.02. The number of carboxylic acid groups (broad SMARTS) is 1. The van der Waals surface area contributed by atoms with Crippen LogP contribution in [0.2, 0.25) is 0 Å². The van der Waals surface area contributed by atoms with Gasteiger partial charge < -0.3 is 33.5 Å². The average Bonchev–Trinajstić information content (AvgIpc) is 2.84. The van der Waals surface area contributed by atoms with Crippen molar-refractivity contribution < 1.29 is 52.7 Å². The molecule has 0 aliphatic carbocycles. The first-order valence-electron chi connectivity index (χ1n) is 14.3. The zero-order chi connectivity index (χ0) is 32.0. The maximum atomic E-state index is 12.6. The maximum Gasteiger partial charge on any atom is 0.513 e. The molecule has 42 heavy (non-hydrogen) atoms. The van der Waals surface area contributed by atoms with Crippen LogP contribution in [0.1, 0.15) is 80.7 Å². The summed E-state index contributed by atoms with van der Waals surface area (Å²) in [5, 5.41) is 13.0. The molecule has 12 heteroatoms. The minimum absolute atomic E-state index is 0.0283. The van der Waals surface area contributed by atoms with E-state index in [0.29, 0.717) is 18.8 Å². The molecular formula is C30H47NO11. The third kappa shape index (κ3) is 13.4. The van der Waals surface area contributed by atoms with E-state index in [4.69, 9.17) is 28.4 Å². The summed E-state index contributed by atoms with van der Waals surface area (Å²) in [7, 11) is 0. The Bertz CT molecular complexity index is 1040. The first-order chi connectivity index (χ1) is 19.5. The Morgan fingerprint density at radius 1 is 0.786 bits per heavy atom. The highest BCUT2D eigenvalue weighted by atomic mass is 16.8. The van der Waals surface area contributed by atoms with Gasteiger partial charge in [-0.1, -0.05) is 47.6 Å². The summed E-state index contributed by atoms with van der Waals surface area (Å²) in [5.41, 5.74) is -1.98. The predicted molar refractivity (Wildman–Crippen MR) is 154 cm³/mol. The summed E-state index contributed by atoms with van der Waals surface area (Å²) in [6.45, 7) is 16.9. The van der Waals surface area contributed by atoms with E-state index in [2.05, 4.69) is 5.32 Å². The van der Waals surface area contributed by atoms with Gasteiger partial charge in [0.25, 0.3) is 5.72 Å². The maximum absolute atomic E-state index is 12.6. The van der Waals surface area contributed by atoms with Crippen molar-refractivity contribution in [3.8, 4) is 11.5 Å². The Morgan fingerprint density at radius 3 is 1.76 bits per heavy atom. The minimum atomic E-state index is -2.24. The monoisotopic (exact) mass is 597 g/mol. The number of hydrogen-bond donors (Lipinski definition) is 2. The highest BCUT2D eigenvalue weighted by Crippen LogP contribution is 2.31. The van der Waals surface area contributed by atoms with Crippen LogP contribution in [0.25, 0.3) is 0 Å². The topological polar surface area (TPSA) is 156 Å². The van der Waals surface area contributed by atoms with Crippen molar-refractivity contribution in [2.75, 3.05) is 13.2 Å². The normalized spacial score (nSPS) is 13.5. The zero-order valence-corrected chi connectivity index (χ0v) is 26.2. The van der Waals surface area contributed by atoms with Crippen LogP contribution in [-0.2, 0) is 30.2 Å². The van der Waals surface area contributed by atoms with Gasteiger partial charge in [-0.2, -0.15) is 0 Å². The minimum Gasteiger partial charge on any atom is -0.477 e. The van der Waals surface area contributed by atoms with Crippen molar-refractivity contribution in [2.24, 2.45) is 17.8 Å². The second kappa shape index (κ2) is 17.4. The summed E-state index contributed by atoms with van der Waals surface area (Å²) in [5.74, 6) is -1.29. The number of nitrogens with one attached hydrogen (secondary N) is 1. The average molecular weight is 598 g/mol. The van der Waals surface area contributed by atoms with Gasteiger partial charge in [0.15, 0.2) is 11.5 Å². The first kappa shape index (κ1) is 36.5. The first-order valence-corrected chi connectivity index (χ1v) is 14.3. The number of carbonyl (C=O) groups excluding carboxylic acids is 3. The molecule has 0 bridgehead atoms. The van der Waals surface area contributed by atoms with Crippen LogP contribution in [0.15, 0.2) is 18.2 Å². The highest BCUT2D eigenvalue weighted by Gasteiger charge is 2.44. The van der Waals surface area contributed by atoms with Crippen molar-refractivity contribution in [3.05, 3.63) is 23.8 Å².